The van der Waals surface area contributed by atoms with Crippen molar-refractivity contribution in [1.82, 2.24) is 4.49 Å². The molecule has 0 aliphatic rings. The van der Waals surface area contributed by atoms with Crippen LogP contribution in [0, 0.1) is 0 Å². The Balaban J connectivity index is 2.52. The summed E-state index contributed by atoms with van der Waals surface area (Å²) in [5, 5.41) is 0. The van der Waals surface area contributed by atoms with Gasteiger partial charge in [0.2, 0.25) is 10.0 Å². The van der Waals surface area contributed by atoms with Crippen molar-refractivity contribution in [1.29, 1.82) is 0 Å². The molecule has 0 saturated carbocycles. The highest BCUT2D eigenvalue weighted by Gasteiger charge is 2.32. The fraction of sp³-hybridized carbons (Fsp3) is 0.750. The quantitative estimate of drug-likeness (QED) is 0.142. The third-order valence-electron chi connectivity index (χ3n) is 5.30. The summed E-state index contributed by atoms with van der Waals surface area (Å²) in [6.45, 7) is 4.79. The summed E-state index contributed by atoms with van der Waals surface area (Å²) < 4.78 is 51.8. The second kappa shape index (κ2) is 17.7. The molecule has 0 fully saturated rings. The first-order chi connectivity index (χ1) is 15.4. The van der Waals surface area contributed by atoms with Crippen molar-refractivity contribution in [2.75, 3.05) is 13.2 Å². The topological polar surface area (TPSA) is 81.7 Å². The van der Waals surface area contributed by atoms with Gasteiger partial charge >= 0.3 is 7.75 Å². The summed E-state index contributed by atoms with van der Waals surface area (Å²) in [6, 6.07) is 7.89. The largest absolute Gasteiger partial charge is 0.419 e. The number of hydrogen-bond donors (Lipinski definition) is 1. The highest BCUT2D eigenvalue weighted by atomic mass is 32.2. The molecule has 1 N–H and O–H groups in total. The monoisotopic (exact) mass is 489 g/mol. The third-order valence-corrected chi connectivity index (χ3v) is 9.10. The summed E-state index contributed by atoms with van der Waals surface area (Å²) in [7, 11) is -7.97. The maximum absolute atomic E-state index is 13.2. The van der Waals surface area contributed by atoms with Crippen LogP contribution >= 0.6 is 7.75 Å². The molecule has 0 heterocycles. The number of sulfonamides is 1. The van der Waals surface area contributed by atoms with Gasteiger partial charge in [-0.2, -0.15) is 0 Å². The summed E-state index contributed by atoms with van der Waals surface area (Å²) in [6.07, 6.45) is 15.3. The number of hydrogen-bond acceptors (Lipinski definition) is 5. The first-order valence-electron chi connectivity index (χ1n) is 12.4. The summed E-state index contributed by atoms with van der Waals surface area (Å²) in [5.74, 6) is 0. The van der Waals surface area contributed by atoms with Gasteiger partial charge in [0.25, 0.3) is 0 Å². The van der Waals surface area contributed by atoms with Gasteiger partial charge in [-0.1, -0.05) is 109 Å². The summed E-state index contributed by atoms with van der Waals surface area (Å²) >= 11 is 0. The summed E-state index contributed by atoms with van der Waals surface area (Å²) in [4.78, 5) is 0.0410. The number of unbranched alkanes of at least 4 members (excludes halogenated alkanes) is 12. The second-order valence-electron chi connectivity index (χ2n) is 8.31. The Morgan fingerprint density at radius 2 is 1.09 bits per heavy atom. The lowest BCUT2D eigenvalue weighted by Gasteiger charge is -2.19. The number of rotatable bonds is 21. The molecule has 1 rings (SSSR count). The SMILES string of the molecule is CCCCCCCCCOP(=O)(NS(=O)(=O)c1ccccc1)OCCCCCCCCC. The van der Waals surface area contributed by atoms with E-state index in [-0.39, 0.29) is 18.1 Å². The highest BCUT2D eigenvalue weighted by Crippen LogP contribution is 2.45. The fourth-order valence-corrected chi connectivity index (χ4v) is 6.73. The average molecular weight is 490 g/mol. The van der Waals surface area contributed by atoms with Crippen LogP contribution in [0.25, 0.3) is 0 Å². The van der Waals surface area contributed by atoms with E-state index >= 15 is 0 Å². The van der Waals surface area contributed by atoms with Gasteiger partial charge in [-0.15, -0.1) is 4.49 Å². The van der Waals surface area contributed by atoms with Gasteiger partial charge in [-0.25, -0.2) is 13.0 Å². The first kappa shape index (κ1) is 29.3. The third kappa shape index (κ3) is 13.7. The minimum absolute atomic E-state index is 0.0410. The maximum Gasteiger partial charge on any atom is 0.419 e. The molecule has 0 amide bonds. The molecule has 0 saturated heterocycles. The van der Waals surface area contributed by atoms with Gasteiger partial charge in [0.05, 0.1) is 18.1 Å². The standard InChI is InChI=1S/C24H44NO5PS/c1-3-5-7-9-11-13-18-22-29-31(26,30-23-19-14-12-10-8-6-4-2)25-32(27,28)24-20-16-15-17-21-24/h15-17,20-21H,3-14,18-19,22-23H2,1-2H3,(H,25,26). The predicted molar refractivity (Wildman–Crippen MR) is 132 cm³/mol. The maximum atomic E-state index is 13.2. The van der Waals surface area contributed by atoms with Crippen LogP contribution in [0.5, 0.6) is 0 Å². The van der Waals surface area contributed by atoms with E-state index in [1.54, 1.807) is 18.2 Å². The van der Waals surface area contributed by atoms with Crippen molar-refractivity contribution >= 4 is 17.8 Å². The Labute approximate surface area is 196 Å². The van der Waals surface area contributed by atoms with Gasteiger partial charge in [0.15, 0.2) is 0 Å². The smallest absolute Gasteiger partial charge is 0.296 e. The molecule has 0 aliphatic carbocycles. The van der Waals surface area contributed by atoms with Crippen molar-refractivity contribution < 1.29 is 22.0 Å². The van der Waals surface area contributed by atoms with Gasteiger partial charge < -0.3 is 0 Å². The number of benzene rings is 1. The summed E-state index contributed by atoms with van der Waals surface area (Å²) in [5.41, 5.74) is 0. The van der Waals surface area contributed by atoms with Crippen LogP contribution in [-0.2, 0) is 23.6 Å². The van der Waals surface area contributed by atoms with Crippen molar-refractivity contribution in [2.24, 2.45) is 0 Å². The van der Waals surface area contributed by atoms with Crippen LogP contribution in [0.2, 0.25) is 0 Å². The van der Waals surface area contributed by atoms with Gasteiger partial charge in [0.1, 0.15) is 0 Å². The minimum atomic E-state index is -4.00. The van der Waals surface area contributed by atoms with Crippen LogP contribution in [0.15, 0.2) is 35.2 Å². The molecule has 8 heteroatoms. The molecule has 1 aromatic carbocycles. The molecule has 0 bridgehead atoms. The van der Waals surface area contributed by atoms with Crippen molar-refractivity contribution in [3.63, 3.8) is 0 Å². The average Bonchev–Trinajstić information content (AvgIpc) is 2.78. The molecule has 0 unspecified atom stereocenters. The van der Waals surface area contributed by atoms with Crippen LogP contribution in [0.1, 0.15) is 104 Å². The molecular weight excluding hydrogens is 445 g/mol. The Hall–Kier alpha value is -0.720. The van der Waals surface area contributed by atoms with E-state index in [4.69, 9.17) is 9.05 Å². The van der Waals surface area contributed by atoms with Crippen molar-refractivity contribution in [3.8, 4) is 0 Å². The normalized spacial score (nSPS) is 12.3. The van der Waals surface area contributed by atoms with Crippen LogP contribution < -0.4 is 4.49 Å². The lowest BCUT2D eigenvalue weighted by atomic mass is 10.1. The van der Waals surface area contributed by atoms with Gasteiger partial charge in [0, 0.05) is 0 Å². The Kier molecular flexibility index (Phi) is 16.2. The first-order valence-corrected chi connectivity index (χ1v) is 15.4. The molecule has 0 spiro atoms. The van der Waals surface area contributed by atoms with E-state index in [2.05, 4.69) is 18.3 Å². The van der Waals surface area contributed by atoms with Gasteiger partial charge in [-0.3, -0.25) is 9.05 Å². The molecule has 0 aromatic heterocycles. The predicted octanol–water partition coefficient (Wildman–Crippen LogP) is 7.61. The molecular formula is C24H44NO5PS. The zero-order valence-corrected chi connectivity index (χ0v) is 21.8. The van der Waals surface area contributed by atoms with E-state index in [9.17, 15) is 13.0 Å². The van der Waals surface area contributed by atoms with Crippen molar-refractivity contribution in [3.05, 3.63) is 30.3 Å². The van der Waals surface area contributed by atoms with Crippen LogP contribution in [-0.4, -0.2) is 21.6 Å². The van der Waals surface area contributed by atoms with E-state index in [1.807, 2.05) is 0 Å². The van der Waals surface area contributed by atoms with E-state index in [0.29, 0.717) is 0 Å². The lowest BCUT2D eigenvalue weighted by molar-refractivity contribution is 0.194. The molecule has 0 radical (unpaired) electrons. The zero-order chi connectivity index (χ0) is 23.5. The van der Waals surface area contributed by atoms with E-state index in [1.165, 1.54) is 63.5 Å². The van der Waals surface area contributed by atoms with E-state index < -0.39 is 17.8 Å². The Bertz CT molecular complexity index is 703. The second-order valence-corrected chi connectivity index (χ2v) is 12.0. The Morgan fingerprint density at radius 3 is 1.53 bits per heavy atom. The van der Waals surface area contributed by atoms with Gasteiger partial charge in [-0.05, 0) is 25.0 Å². The molecule has 6 nitrogen and oxygen atoms in total. The molecule has 0 aliphatic heterocycles. The minimum Gasteiger partial charge on any atom is -0.296 e. The number of nitrogens with one attached hydrogen (secondary N) is 1. The van der Waals surface area contributed by atoms with E-state index in [0.717, 1.165) is 38.5 Å². The molecule has 186 valence electrons. The molecule has 1 aromatic rings. The van der Waals surface area contributed by atoms with Crippen LogP contribution in [0.3, 0.4) is 0 Å². The zero-order valence-electron chi connectivity index (χ0n) is 20.1. The van der Waals surface area contributed by atoms with Crippen LogP contribution in [0.4, 0.5) is 0 Å². The van der Waals surface area contributed by atoms with Crippen molar-refractivity contribution in [2.45, 2.75) is 109 Å². The molecule has 0 atom stereocenters. The fourth-order valence-electron chi connectivity index (χ4n) is 3.38. The molecule has 32 heavy (non-hydrogen) atoms. The highest BCUT2D eigenvalue weighted by molar-refractivity contribution is 7.94. The lowest BCUT2D eigenvalue weighted by Crippen LogP contribution is -2.24. The Morgan fingerprint density at radius 1 is 0.688 bits per heavy atom.